The summed E-state index contributed by atoms with van der Waals surface area (Å²) in [6, 6.07) is 7.19. The van der Waals surface area contributed by atoms with Crippen molar-refractivity contribution in [1.29, 1.82) is 0 Å². The number of nitrogens with one attached hydrogen (secondary N) is 1. The van der Waals surface area contributed by atoms with Crippen LogP contribution in [0.5, 0.6) is 5.75 Å². The fourth-order valence-corrected chi connectivity index (χ4v) is 2.85. The summed E-state index contributed by atoms with van der Waals surface area (Å²) in [7, 11) is 0. The molecule has 2 aromatic rings. The van der Waals surface area contributed by atoms with Crippen LogP contribution >= 0.6 is 0 Å². The predicted octanol–water partition coefficient (Wildman–Crippen LogP) is 2.33. The third-order valence-electron chi connectivity index (χ3n) is 3.95. The Kier molecular flexibility index (Phi) is 4.59. The smallest absolute Gasteiger partial charge is 0.317 e. The van der Waals surface area contributed by atoms with E-state index in [1.54, 1.807) is 6.07 Å². The second-order valence-electron chi connectivity index (χ2n) is 5.68. The van der Waals surface area contributed by atoms with Gasteiger partial charge < -0.3 is 15.3 Å². The van der Waals surface area contributed by atoms with Crippen molar-refractivity contribution in [2.75, 3.05) is 0 Å². The first-order chi connectivity index (χ1) is 11.5. The summed E-state index contributed by atoms with van der Waals surface area (Å²) in [5, 5.41) is 14.4. The van der Waals surface area contributed by atoms with Crippen LogP contribution in [0, 0.1) is 16.8 Å². The van der Waals surface area contributed by atoms with Gasteiger partial charge in [-0.2, -0.15) is 4.73 Å². The molecule has 0 bridgehead atoms. The number of benzene rings is 1. The van der Waals surface area contributed by atoms with Gasteiger partial charge >= 0.3 is 5.91 Å². The lowest BCUT2D eigenvalue weighted by Gasteiger charge is -2.22. The van der Waals surface area contributed by atoms with Gasteiger partial charge in [-0.1, -0.05) is 0 Å². The Bertz CT molecular complexity index is 734. The number of halogens is 2. The summed E-state index contributed by atoms with van der Waals surface area (Å²) >= 11 is 0. The van der Waals surface area contributed by atoms with E-state index in [9.17, 15) is 18.8 Å². The first kappa shape index (κ1) is 16.2. The van der Waals surface area contributed by atoms with Gasteiger partial charge in [0.15, 0.2) is 6.20 Å². The molecule has 0 radical (unpaired) electrons. The van der Waals surface area contributed by atoms with Crippen LogP contribution < -0.4 is 14.8 Å². The fraction of sp³-hybridized carbons (Fsp3) is 0.294. The van der Waals surface area contributed by atoms with E-state index >= 15 is 0 Å². The van der Waals surface area contributed by atoms with Crippen molar-refractivity contribution in [3.05, 3.63) is 65.1 Å². The van der Waals surface area contributed by atoms with Gasteiger partial charge in [0, 0.05) is 30.3 Å². The Morgan fingerprint density at radius 2 is 1.96 bits per heavy atom. The van der Waals surface area contributed by atoms with E-state index in [0.717, 1.165) is 24.6 Å². The van der Waals surface area contributed by atoms with Crippen molar-refractivity contribution >= 4 is 5.91 Å². The van der Waals surface area contributed by atoms with Crippen molar-refractivity contribution in [1.82, 2.24) is 5.32 Å². The van der Waals surface area contributed by atoms with Crippen LogP contribution in [0.25, 0.3) is 0 Å². The monoisotopic (exact) mass is 334 g/mol. The van der Waals surface area contributed by atoms with Crippen LogP contribution in [0.4, 0.5) is 8.78 Å². The molecule has 1 aliphatic rings. The zero-order valence-electron chi connectivity index (χ0n) is 12.7. The molecule has 1 aromatic heterocycles. The average Bonchev–Trinajstić information content (AvgIpc) is 2.93. The number of carbonyl (C=O) groups excluding carboxylic acids is 1. The zero-order valence-corrected chi connectivity index (χ0v) is 12.7. The second kappa shape index (κ2) is 6.82. The van der Waals surface area contributed by atoms with Gasteiger partial charge in [-0.05, 0) is 25.3 Å². The third kappa shape index (κ3) is 3.61. The first-order valence-electron chi connectivity index (χ1n) is 7.65. The number of pyridine rings is 1. The number of aromatic nitrogens is 1. The molecule has 5 nitrogen and oxygen atoms in total. The highest BCUT2D eigenvalue weighted by Crippen LogP contribution is 2.26. The van der Waals surface area contributed by atoms with E-state index < -0.39 is 23.6 Å². The Morgan fingerprint density at radius 1 is 1.21 bits per heavy atom. The summed E-state index contributed by atoms with van der Waals surface area (Å²) in [6.07, 6.45) is 2.96. The Hall–Kier alpha value is -2.70. The molecule has 1 N–H and O–H groups in total. The molecular formula is C17H16F2N2O3. The maximum Gasteiger partial charge on any atom is 0.317 e. The molecule has 3 rings (SSSR count). The quantitative estimate of drug-likeness (QED) is 0.689. The summed E-state index contributed by atoms with van der Waals surface area (Å²) in [6.45, 7) is 0. The van der Waals surface area contributed by atoms with Crippen LogP contribution in [0.1, 0.15) is 29.8 Å². The van der Waals surface area contributed by atoms with Crippen molar-refractivity contribution < 1.29 is 23.0 Å². The van der Waals surface area contributed by atoms with Gasteiger partial charge in [0.2, 0.25) is 0 Å². The molecule has 1 aromatic carbocycles. The van der Waals surface area contributed by atoms with Crippen LogP contribution in [0.2, 0.25) is 0 Å². The van der Waals surface area contributed by atoms with Gasteiger partial charge in [0.05, 0.1) is 6.04 Å². The molecule has 0 unspecified atom stereocenters. The fourth-order valence-electron chi connectivity index (χ4n) is 2.85. The Balaban J connectivity index is 1.69. The normalized spacial score (nSPS) is 19.9. The number of carbonyl (C=O) groups is 1. The van der Waals surface area contributed by atoms with Gasteiger partial charge in [-0.15, -0.1) is 0 Å². The van der Waals surface area contributed by atoms with Crippen molar-refractivity contribution in [3.8, 4) is 5.75 Å². The molecule has 1 heterocycles. The van der Waals surface area contributed by atoms with Gasteiger partial charge in [-0.3, -0.25) is 4.79 Å². The van der Waals surface area contributed by atoms with E-state index in [1.165, 1.54) is 18.3 Å². The van der Waals surface area contributed by atoms with Crippen molar-refractivity contribution in [2.45, 2.75) is 31.4 Å². The van der Waals surface area contributed by atoms with Crippen LogP contribution in [-0.2, 0) is 0 Å². The van der Waals surface area contributed by atoms with Gasteiger partial charge in [-0.25, -0.2) is 8.78 Å². The second-order valence-corrected chi connectivity index (χ2v) is 5.68. The lowest BCUT2D eigenvalue weighted by Crippen LogP contribution is -2.46. The van der Waals surface area contributed by atoms with E-state index in [-0.39, 0.29) is 17.5 Å². The highest BCUT2D eigenvalue weighted by Gasteiger charge is 2.32. The average molecular weight is 334 g/mol. The largest absolute Gasteiger partial charge is 0.618 e. The lowest BCUT2D eigenvalue weighted by atomic mass is 10.2. The third-order valence-corrected chi connectivity index (χ3v) is 3.95. The van der Waals surface area contributed by atoms with Crippen molar-refractivity contribution in [2.24, 2.45) is 0 Å². The number of hydrogen-bond donors (Lipinski definition) is 1. The number of rotatable bonds is 4. The summed E-state index contributed by atoms with van der Waals surface area (Å²) in [5.41, 5.74) is -0.0139. The Labute approximate surface area is 137 Å². The highest BCUT2D eigenvalue weighted by atomic mass is 19.1. The highest BCUT2D eigenvalue weighted by molar-refractivity contribution is 5.91. The topological polar surface area (TPSA) is 65.3 Å². The summed E-state index contributed by atoms with van der Waals surface area (Å²) in [5.74, 6) is -1.87. The van der Waals surface area contributed by atoms with Crippen LogP contribution in [0.15, 0.2) is 42.6 Å². The minimum Gasteiger partial charge on any atom is -0.618 e. The molecule has 0 saturated heterocycles. The molecule has 126 valence electrons. The van der Waals surface area contributed by atoms with Gasteiger partial charge in [0.1, 0.15) is 23.5 Å². The zero-order chi connectivity index (χ0) is 17.1. The van der Waals surface area contributed by atoms with E-state index in [4.69, 9.17) is 4.74 Å². The van der Waals surface area contributed by atoms with E-state index in [1.807, 2.05) is 0 Å². The van der Waals surface area contributed by atoms with Crippen LogP contribution in [0.3, 0.4) is 0 Å². The number of amides is 1. The number of ether oxygens (including phenoxy) is 1. The maximum absolute atomic E-state index is 13.2. The number of hydrogen-bond acceptors (Lipinski definition) is 3. The number of nitrogens with zero attached hydrogens (tertiary/aromatic N) is 1. The maximum atomic E-state index is 13.2. The molecular weight excluding hydrogens is 318 g/mol. The van der Waals surface area contributed by atoms with Crippen molar-refractivity contribution in [3.63, 3.8) is 0 Å². The molecule has 0 spiro atoms. The Morgan fingerprint density at radius 3 is 2.67 bits per heavy atom. The lowest BCUT2D eigenvalue weighted by molar-refractivity contribution is -0.607. The molecule has 24 heavy (non-hydrogen) atoms. The molecule has 1 saturated carbocycles. The molecule has 0 aliphatic heterocycles. The van der Waals surface area contributed by atoms with Crippen LogP contribution in [-0.4, -0.2) is 18.1 Å². The minimum absolute atomic E-state index is 0.0139. The first-order valence-corrected chi connectivity index (χ1v) is 7.65. The summed E-state index contributed by atoms with van der Waals surface area (Å²) < 4.78 is 32.6. The predicted molar refractivity (Wildman–Crippen MR) is 81.3 cm³/mol. The molecule has 1 fully saturated rings. The molecule has 2 atom stereocenters. The summed E-state index contributed by atoms with van der Waals surface area (Å²) in [4.78, 5) is 12.2. The van der Waals surface area contributed by atoms with E-state index in [2.05, 4.69) is 5.32 Å². The van der Waals surface area contributed by atoms with Gasteiger partial charge in [0.25, 0.3) is 5.69 Å². The molecule has 1 amide bonds. The SMILES string of the molecule is O=C(N[C@H]1CCC[C@H]1Oc1cc(F)cc(F)c1)c1cccc[n+]1[O-]. The van der Waals surface area contributed by atoms with E-state index in [0.29, 0.717) is 17.6 Å². The minimum atomic E-state index is -0.722. The molecule has 7 heteroatoms. The molecule has 1 aliphatic carbocycles. The standard InChI is InChI=1S/C17H16F2N2O3/c18-11-8-12(19)10-13(9-11)24-16-6-3-4-14(16)20-17(22)15-5-1-2-7-21(15)23/h1-2,5,7-10,14,16H,3-4,6H2,(H,20,22)/t14-,16+/m0/s1.